The van der Waals surface area contributed by atoms with Crippen molar-refractivity contribution in [2.45, 2.75) is 136 Å². The number of hydrogen-bond acceptors (Lipinski definition) is 4. The van der Waals surface area contributed by atoms with Gasteiger partial charge in [0, 0.05) is 30.6 Å². The Morgan fingerprint density at radius 2 is 1.42 bits per heavy atom. The van der Waals surface area contributed by atoms with Gasteiger partial charge in [0.05, 0.1) is 17.9 Å². The number of carbonyl (C=O) groups excluding carboxylic acids is 1. The van der Waals surface area contributed by atoms with Gasteiger partial charge >= 0.3 is 0 Å². The molecule has 0 saturated heterocycles. The highest BCUT2D eigenvalue weighted by molar-refractivity contribution is 6.74. The van der Waals surface area contributed by atoms with Crippen LogP contribution in [0.1, 0.15) is 98.6 Å². The maximum absolute atomic E-state index is 13.7. The maximum Gasteiger partial charge on any atom is 0.192 e. The maximum atomic E-state index is 13.7. The number of hydrogen-bond donors (Lipinski definition) is 0. The predicted octanol–water partition coefficient (Wildman–Crippen LogP) is 8.91. The first kappa shape index (κ1) is 30.3. The minimum Gasteiger partial charge on any atom is -0.472 e. The Bertz CT molecular complexity index is 1040. The van der Waals surface area contributed by atoms with Crippen LogP contribution >= 0.6 is 0 Å². The quantitative estimate of drug-likeness (QED) is 0.326. The number of fused-ring (bicyclic) bond motifs is 5. The zero-order chi connectivity index (χ0) is 28.6. The van der Waals surface area contributed by atoms with Gasteiger partial charge in [-0.3, -0.25) is 4.79 Å². The summed E-state index contributed by atoms with van der Waals surface area (Å²) in [6.07, 6.45) is 9.97. The molecule has 1 heterocycles. The summed E-state index contributed by atoms with van der Waals surface area (Å²) in [4.78, 5) is 13.7. The van der Waals surface area contributed by atoms with Crippen molar-refractivity contribution in [2.75, 3.05) is 13.2 Å². The first-order chi connectivity index (χ1) is 17.2. The van der Waals surface area contributed by atoms with Crippen molar-refractivity contribution in [3.8, 4) is 0 Å². The molecule has 1 aromatic rings. The second-order valence-corrected chi connectivity index (χ2v) is 26.2. The number of carbonyl (C=O) groups is 1. The van der Waals surface area contributed by atoms with Crippen LogP contribution in [0.25, 0.3) is 0 Å². The van der Waals surface area contributed by atoms with Crippen molar-refractivity contribution in [1.29, 1.82) is 0 Å². The summed E-state index contributed by atoms with van der Waals surface area (Å²) in [5.41, 5.74) is 2.37. The molecule has 0 radical (unpaired) electrons. The van der Waals surface area contributed by atoms with Crippen LogP contribution in [0.4, 0.5) is 0 Å². The second-order valence-electron chi connectivity index (χ2n) is 16.6. The third kappa shape index (κ3) is 4.67. The molecule has 6 heteroatoms. The first-order valence-electron chi connectivity index (χ1n) is 15.1. The van der Waals surface area contributed by atoms with E-state index >= 15 is 0 Å². The fourth-order valence-electron chi connectivity index (χ4n) is 7.72. The average molecular weight is 561 g/mol. The van der Waals surface area contributed by atoms with Gasteiger partial charge < -0.3 is 13.3 Å². The predicted molar refractivity (Wildman–Crippen MR) is 162 cm³/mol. The fraction of sp³-hybridized carbons (Fsp3) is 0.844. The van der Waals surface area contributed by atoms with Gasteiger partial charge in [0.25, 0.3) is 0 Å². The molecule has 0 aromatic carbocycles. The van der Waals surface area contributed by atoms with Gasteiger partial charge in [0.2, 0.25) is 0 Å². The van der Waals surface area contributed by atoms with Crippen LogP contribution in [0, 0.1) is 22.7 Å². The van der Waals surface area contributed by atoms with E-state index in [1.807, 2.05) is 12.5 Å². The van der Waals surface area contributed by atoms with Gasteiger partial charge in [-0.25, -0.2) is 0 Å². The van der Waals surface area contributed by atoms with Gasteiger partial charge in [-0.2, -0.15) is 0 Å². The van der Waals surface area contributed by atoms with Crippen molar-refractivity contribution in [1.82, 2.24) is 0 Å². The smallest absolute Gasteiger partial charge is 0.192 e. The number of Topliss-reactive ketones (excluding diaryl/α,β-unsaturated/α-hetero) is 1. The Labute approximate surface area is 235 Å². The van der Waals surface area contributed by atoms with Crippen molar-refractivity contribution < 1.29 is 18.1 Å². The molecule has 3 aliphatic rings. The zero-order valence-electron chi connectivity index (χ0n) is 26.6. The third-order valence-electron chi connectivity index (χ3n) is 12.5. The molecule has 216 valence electrons. The van der Waals surface area contributed by atoms with E-state index in [9.17, 15) is 4.79 Å². The van der Waals surface area contributed by atoms with E-state index in [-0.39, 0.29) is 20.9 Å². The molecule has 0 amide bonds. The molecule has 0 N–H and O–H groups in total. The summed E-state index contributed by atoms with van der Waals surface area (Å²) in [7, 11) is -3.90. The summed E-state index contributed by atoms with van der Waals surface area (Å²) in [5, 5.41) is 0.305. The summed E-state index contributed by atoms with van der Waals surface area (Å²) >= 11 is 0. The van der Waals surface area contributed by atoms with Gasteiger partial charge in [-0.15, -0.1) is 0 Å². The molecule has 2 saturated carbocycles. The van der Waals surface area contributed by atoms with Crippen molar-refractivity contribution in [3.63, 3.8) is 0 Å². The Morgan fingerprint density at radius 1 is 0.842 bits per heavy atom. The zero-order valence-corrected chi connectivity index (χ0v) is 28.6. The first-order valence-corrected chi connectivity index (χ1v) is 20.9. The molecule has 1 aromatic heterocycles. The normalized spacial score (nSPS) is 34.5. The van der Waals surface area contributed by atoms with Crippen molar-refractivity contribution >= 4 is 22.4 Å². The standard InChI is InChI=1S/C32H56O4Si2/c1-28(2,3)37(9,10)35-21-31(8)25-15-18-32(22-36-38(11,12)29(4,5)6)24-20-34-19-23(24)13-14-26(32)30(25,7)17-16-27(31)33/h19-20,25-26H,13-18,21-22H2,1-12H3/t25-,26-,30+,31-,32-/m1/s1. The van der Waals surface area contributed by atoms with Crippen LogP contribution in [0.15, 0.2) is 16.9 Å². The third-order valence-corrected chi connectivity index (χ3v) is 21.4. The van der Waals surface area contributed by atoms with Crippen LogP contribution in [-0.2, 0) is 25.5 Å². The lowest BCUT2D eigenvalue weighted by molar-refractivity contribution is -0.165. The topological polar surface area (TPSA) is 48.7 Å². The summed E-state index contributed by atoms with van der Waals surface area (Å²) in [5.74, 6) is 1.23. The molecular formula is C32H56O4Si2. The largest absolute Gasteiger partial charge is 0.472 e. The average Bonchev–Trinajstić information content (AvgIpc) is 3.28. The van der Waals surface area contributed by atoms with E-state index in [1.54, 1.807) is 0 Å². The van der Waals surface area contributed by atoms with E-state index in [4.69, 9.17) is 13.3 Å². The molecule has 5 atom stereocenters. The SMILES string of the molecule is CC(C)(C)[Si](C)(C)OC[C@@]12CC[C@@H]3[C@](C)(CCC(=O)[C@]3(C)CO[Si](C)(C)C(C)(C)C)[C@H]1CCc1cocc12. The second kappa shape index (κ2) is 9.42. The molecular weight excluding hydrogens is 505 g/mol. The van der Waals surface area contributed by atoms with Gasteiger partial charge in [0.15, 0.2) is 16.6 Å². The molecule has 0 spiro atoms. The van der Waals surface area contributed by atoms with Gasteiger partial charge in [-0.05, 0) is 91.2 Å². The summed E-state index contributed by atoms with van der Waals surface area (Å²) < 4.78 is 19.7. The minimum atomic E-state index is -1.97. The Morgan fingerprint density at radius 3 is 2.00 bits per heavy atom. The van der Waals surface area contributed by atoms with Crippen molar-refractivity contribution in [2.24, 2.45) is 22.7 Å². The molecule has 0 bridgehead atoms. The van der Waals surface area contributed by atoms with Crippen molar-refractivity contribution in [3.05, 3.63) is 23.7 Å². The van der Waals surface area contributed by atoms with Crippen LogP contribution < -0.4 is 0 Å². The molecule has 4 rings (SSSR count). The fourth-order valence-corrected chi connectivity index (χ4v) is 9.87. The van der Waals surface area contributed by atoms with Crippen LogP contribution in [-0.4, -0.2) is 35.6 Å². The monoisotopic (exact) mass is 560 g/mol. The highest BCUT2D eigenvalue weighted by Gasteiger charge is 2.65. The van der Waals surface area contributed by atoms with E-state index in [2.05, 4.69) is 81.6 Å². The Kier molecular flexibility index (Phi) is 7.50. The molecule has 38 heavy (non-hydrogen) atoms. The Balaban J connectivity index is 1.71. The lowest BCUT2D eigenvalue weighted by Gasteiger charge is -2.64. The van der Waals surface area contributed by atoms with Crippen LogP contribution in [0.2, 0.25) is 36.3 Å². The Hall–Kier alpha value is -0.696. The summed E-state index contributed by atoms with van der Waals surface area (Å²) in [6, 6.07) is 0. The lowest BCUT2D eigenvalue weighted by Crippen LogP contribution is -2.64. The van der Waals surface area contributed by atoms with Gasteiger partial charge in [0.1, 0.15) is 5.78 Å². The molecule has 0 unspecified atom stereocenters. The van der Waals surface area contributed by atoms with Crippen LogP contribution in [0.5, 0.6) is 0 Å². The van der Waals surface area contributed by atoms with Crippen LogP contribution in [0.3, 0.4) is 0 Å². The molecule has 3 aliphatic carbocycles. The van der Waals surface area contributed by atoms with E-state index in [0.717, 1.165) is 38.7 Å². The lowest BCUT2D eigenvalue weighted by atomic mass is 9.40. The van der Waals surface area contributed by atoms with E-state index in [1.165, 1.54) is 11.1 Å². The van der Waals surface area contributed by atoms with Gasteiger partial charge in [-0.1, -0.05) is 55.4 Å². The number of furan rings is 1. The van der Waals surface area contributed by atoms with E-state index in [0.29, 0.717) is 30.6 Å². The minimum absolute atomic E-state index is 0.0388. The molecule has 0 aliphatic heterocycles. The number of ketones is 1. The van der Waals surface area contributed by atoms with E-state index < -0.39 is 22.0 Å². The number of rotatable bonds is 6. The number of aryl methyl sites for hydroxylation is 1. The molecule has 4 nitrogen and oxygen atoms in total. The summed E-state index contributed by atoms with van der Waals surface area (Å²) in [6.45, 7) is 29.3. The highest BCUT2D eigenvalue weighted by atomic mass is 28.4. The highest BCUT2D eigenvalue weighted by Crippen LogP contribution is 2.67. The molecule has 2 fully saturated rings.